The molecule has 1 aromatic heterocycles. The molecule has 4 rings (SSSR count). The topological polar surface area (TPSA) is 71.6 Å². The number of aliphatic hydroxyl groups is 1. The molecule has 0 amide bonds. The van der Waals surface area contributed by atoms with Gasteiger partial charge in [-0.1, -0.05) is 25.5 Å². The Balaban J connectivity index is 1.41. The van der Waals surface area contributed by atoms with E-state index in [2.05, 4.69) is 41.9 Å². The maximum absolute atomic E-state index is 9.44. The summed E-state index contributed by atoms with van der Waals surface area (Å²) in [6.07, 6.45) is 6.72. The van der Waals surface area contributed by atoms with Crippen LogP contribution in [-0.4, -0.2) is 53.6 Å². The minimum atomic E-state index is 0.336. The van der Waals surface area contributed by atoms with Crippen LogP contribution in [0, 0.1) is 29.6 Å². The highest BCUT2D eigenvalue weighted by molar-refractivity contribution is 5.53. The maximum Gasteiger partial charge on any atom is 0.247 e. The molecule has 1 aliphatic heterocycles. The van der Waals surface area contributed by atoms with Gasteiger partial charge in [-0.2, -0.15) is 0 Å². The molecule has 2 heterocycles. The van der Waals surface area contributed by atoms with Gasteiger partial charge in [0.15, 0.2) is 0 Å². The van der Waals surface area contributed by atoms with E-state index < -0.39 is 0 Å². The number of aromatic nitrogens is 2. The molecule has 2 aromatic rings. The van der Waals surface area contributed by atoms with E-state index in [-0.39, 0.29) is 0 Å². The van der Waals surface area contributed by atoms with Gasteiger partial charge in [0.25, 0.3) is 0 Å². The van der Waals surface area contributed by atoms with E-state index in [0.717, 1.165) is 56.6 Å². The van der Waals surface area contributed by atoms with Gasteiger partial charge in [-0.3, -0.25) is 0 Å². The Morgan fingerprint density at radius 2 is 1.88 bits per heavy atom. The van der Waals surface area contributed by atoms with Crippen LogP contribution in [0.25, 0.3) is 11.5 Å². The molecule has 1 N–H and O–H groups in total. The lowest BCUT2D eigenvalue weighted by Gasteiger charge is -2.40. The average molecular weight is 454 g/mol. The lowest BCUT2D eigenvalue weighted by molar-refractivity contribution is 0.103. The lowest BCUT2D eigenvalue weighted by Crippen LogP contribution is -2.41. The Labute approximate surface area is 198 Å². The van der Waals surface area contributed by atoms with E-state index >= 15 is 0 Å². The fourth-order valence-electron chi connectivity index (χ4n) is 5.53. The molecule has 0 spiro atoms. The first-order valence-corrected chi connectivity index (χ1v) is 12.4. The molecule has 6 nitrogen and oxygen atoms in total. The smallest absolute Gasteiger partial charge is 0.247 e. The van der Waals surface area contributed by atoms with Crippen molar-refractivity contribution in [2.24, 2.45) is 29.6 Å². The third-order valence-corrected chi connectivity index (χ3v) is 7.74. The SMILES string of the molecule is COc1ccc(-c2nnc(C[C@@H]3C[C@@H](C(C)C)[C@H](CN4CCC(CO)CC4)C=C3C)o2)cc1. The molecular weight excluding hydrogens is 414 g/mol. The average Bonchev–Trinajstić information content (AvgIpc) is 3.29. The van der Waals surface area contributed by atoms with E-state index in [1.54, 1.807) is 7.11 Å². The molecule has 0 saturated carbocycles. The number of hydrogen-bond acceptors (Lipinski definition) is 6. The molecule has 1 aliphatic carbocycles. The Morgan fingerprint density at radius 1 is 1.15 bits per heavy atom. The zero-order valence-corrected chi connectivity index (χ0v) is 20.5. The highest BCUT2D eigenvalue weighted by Gasteiger charge is 2.34. The first-order chi connectivity index (χ1) is 16.0. The molecule has 1 aromatic carbocycles. The minimum absolute atomic E-state index is 0.336. The Kier molecular flexibility index (Phi) is 7.86. The predicted molar refractivity (Wildman–Crippen MR) is 130 cm³/mol. The number of aliphatic hydroxyl groups excluding tert-OH is 1. The van der Waals surface area contributed by atoms with Crippen LogP contribution in [-0.2, 0) is 6.42 Å². The van der Waals surface area contributed by atoms with Crippen LogP contribution in [0.15, 0.2) is 40.3 Å². The first kappa shape index (κ1) is 24.0. The number of rotatable bonds is 8. The summed E-state index contributed by atoms with van der Waals surface area (Å²) in [4.78, 5) is 2.61. The van der Waals surface area contributed by atoms with E-state index in [9.17, 15) is 5.11 Å². The number of allylic oxidation sites excluding steroid dienone is 1. The van der Waals surface area contributed by atoms with Crippen LogP contribution in [0.3, 0.4) is 0 Å². The van der Waals surface area contributed by atoms with Crippen molar-refractivity contribution in [1.82, 2.24) is 15.1 Å². The third-order valence-electron chi connectivity index (χ3n) is 7.74. The summed E-state index contributed by atoms with van der Waals surface area (Å²) in [6, 6.07) is 7.72. The summed E-state index contributed by atoms with van der Waals surface area (Å²) in [5, 5.41) is 18.1. The Bertz CT molecular complexity index is 913. The number of hydrogen-bond donors (Lipinski definition) is 1. The van der Waals surface area contributed by atoms with Gasteiger partial charge in [-0.15, -0.1) is 10.2 Å². The second-order valence-corrected chi connectivity index (χ2v) is 10.3. The summed E-state index contributed by atoms with van der Waals surface area (Å²) in [6.45, 7) is 10.7. The largest absolute Gasteiger partial charge is 0.497 e. The molecule has 3 atom stereocenters. The number of methoxy groups -OCH3 is 1. The zero-order valence-electron chi connectivity index (χ0n) is 20.5. The minimum Gasteiger partial charge on any atom is -0.497 e. The fourth-order valence-corrected chi connectivity index (χ4v) is 5.53. The van der Waals surface area contributed by atoms with Crippen molar-refractivity contribution < 1.29 is 14.3 Å². The van der Waals surface area contributed by atoms with Gasteiger partial charge in [0.1, 0.15) is 5.75 Å². The summed E-state index contributed by atoms with van der Waals surface area (Å²) in [7, 11) is 1.66. The van der Waals surface area contributed by atoms with Crippen LogP contribution in [0.4, 0.5) is 0 Å². The van der Waals surface area contributed by atoms with Crippen molar-refractivity contribution in [3.8, 4) is 17.2 Å². The molecule has 2 aliphatic rings. The predicted octanol–water partition coefficient (Wildman–Crippen LogP) is 4.85. The number of ether oxygens (including phenoxy) is 1. The van der Waals surface area contributed by atoms with E-state index in [1.165, 1.54) is 5.57 Å². The summed E-state index contributed by atoms with van der Waals surface area (Å²) in [5.74, 6) is 4.90. The van der Waals surface area contributed by atoms with E-state index in [0.29, 0.717) is 48.0 Å². The van der Waals surface area contributed by atoms with Crippen molar-refractivity contribution in [3.05, 3.63) is 41.8 Å². The summed E-state index contributed by atoms with van der Waals surface area (Å²) >= 11 is 0. The second-order valence-electron chi connectivity index (χ2n) is 10.3. The molecule has 1 saturated heterocycles. The number of piperidine rings is 1. The van der Waals surface area contributed by atoms with Gasteiger partial charge in [0, 0.05) is 25.1 Å². The van der Waals surface area contributed by atoms with Crippen molar-refractivity contribution >= 4 is 0 Å². The van der Waals surface area contributed by atoms with Gasteiger partial charge in [-0.05, 0) is 93.1 Å². The number of nitrogens with zero attached hydrogens (tertiary/aromatic N) is 3. The van der Waals surface area contributed by atoms with Gasteiger partial charge in [0.2, 0.25) is 11.8 Å². The van der Waals surface area contributed by atoms with Gasteiger partial charge < -0.3 is 19.2 Å². The summed E-state index contributed by atoms with van der Waals surface area (Å²) in [5.41, 5.74) is 2.36. The zero-order chi connectivity index (χ0) is 23.4. The number of benzene rings is 1. The molecule has 0 bridgehead atoms. The van der Waals surface area contributed by atoms with Crippen LogP contribution in [0.1, 0.15) is 45.9 Å². The third kappa shape index (κ3) is 5.85. The van der Waals surface area contributed by atoms with Crippen molar-refractivity contribution in [1.29, 1.82) is 0 Å². The van der Waals surface area contributed by atoms with Crippen LogP contribution < -0.4 is 4.74 Å². The van der Waals surface area contributed by atoms with E-state index in [1.807, 2.05) is 24.3 Å². The molecule has 1 fully saturated rings. The molecule has 6 heteroatoms. The van der Waals surface area contributed by atoms with Crippen molar-refractivity contribution in [3.63, 3.8) is 0 Å². The van der Waals surface area contributed by atoms with Gasteiger partial charge in [0.05, 0.1) is 7.11 Å². The Morgan fingerprint density at radius 3 is 2.52 bits per heavy atom. The highest BCUT2D eigenvalue weighted by atomic mass is 16.5. The second kappa shape index (κ2) is 10.8. The maximum atomic E-state index is 9.44. The quantitative estimate of drug-likeness (QED) is 0.576. The highest BCUT2D eigenvalue weighted by Crippen LogP contribution is 2.39. The molecular formula is C27H39N3O3. The Hall–Kier alpha value is -2.18. The van der Waals surface area contributed by atoms with Crippen LogP contribution in [0.5, 0.6) is 5.75 Å². The van der Waals surface area contributed by atoms with Crippen LogP contribution >= 0.6 is 0 Å². The molecule has 180 valence electrons. The van der Waals surface area contributed by atoms with Gasteiger partial charge in [-0.25, -0.2) is 0 Å². The van der Waals surface area contributed by atoms with Crippen molar-refractivity contribution in [2.45, 2.75) is 46.5 Å². The summed E-state index contributed by atoms with van der Waals surface area (Å²) < 4.78 is 11.3. The van der Waals surface area contributed by atoms with Crippen LogP contribution in [0.2, 0.25) is 0 Å². The lowest BCUT2D eigenvalue weighted by atomic mass is 9.69. The molecule has 0 unspecified atom stereocenters. The first-order valence-electron chi connectivity index (χ1n) is 12.4. The van der Waals surface area contributed by atoms with Gasteiger partial charge >= 0.3 is 0 Å². The normalized spacial score (nSPS) is 24.8. The van der Waals surface area contributed by atoms with Crippen molar-refractivity contribution in [2.75, 3.05) is 33.4 Å². The fraction of sp³-hybridized carbons (Fsp3) is 0.630. The standard InChI is InChI=1S/C27H39N3O3/c1-18(2)25-14-22(19(3)13-23(25)16-30-11-9-20(17-31)10-12-30)15-26-28-29-27(33-26)21-5-7-24(32-4)8-6-21/h5-8,13,18,20,22-23,25,31H,9-12,14-17H2,1-4H3/t22-,23-,25-/m0/s1. The monoisotopic (exact) mass is 453 g/mol. The molecule has 33 heavy (non-hydrogen) atoms. The van der Waals surface area contributed by atoms with E-state index in [4.69, 9.17) is 9.15 Å². The number of likely N-dealkylation sites (tertiary alicyclic amines) is 1. The molecule has 0 radical (unpaired) electrons.